The summed E-state index contributed by atoms with van der Waals surface area (Å²) in [5.74, 6) is 1.19. The van der Waals surface area contributed by atoms with Crippen molar-refractivity contribution in [2.45, 2.75) is 6.10 Å². The van der Waals surface area contributed by atoms with Gasteiger partial charge in [0.05, 0.1) is 23.8 Å². The summed E-state index contributed by atoms with van der Waals surface area (Å²) in [6, 6.07) is 7.34. The van der Waals surface area contributed by atoms with Gasteiger partial charge in [0.15, 0.2) is 0 Å². The van der Waals surface area contributed by atoms with E-state index in [0.29, 0.717) is 41.9 Å². The summed E-state index contributed by atoms with van der Waals surface area (Å²) < 4.78 is 11.1. The van der Waals surface area contributed by atoms with Gasteiger partial charge in [-0.05, 0) is 12.1 Å². The fourth-order valence-corrected chi connectivity index (χ4v) is 2.62. The number of rotatable bonds is 5. The van der Waals surface area contributed by atoms with Crippen molar-refractivity contribution < 1.29 is 14.6 Å². The highest BCUT2D eigenvalue weighted by molar-refractivity contribution is 6.35. The molecule has 2 heterocycles. The number of hydrogen-bond acceptors (Lipinski definition) is 5. The molecule has 1 aliphatic heterocycles. The number of aromatic nitrogens is 1. The predicted molar refractivity (Wildman–Crippen MR) is 81.2 cm³/mol. The first-order valence-electron chi connectivity index (χ1n) is 6.84. The maximum atomic E-state index is 9.23. The molecular formula is C15H17ClN2O3. The Morgan fingerprint density at radius 2 is 2.24 bits per heavy atom. The molecule has 1 fully saturated rings. The molecule has 0 unspecified atom stereocenters. The van der Waals surface area contributed by atoms with Gasteiger partial charge in [0.25, 0.3) is 0 Å². The number of nitrogens with zero attached hydrogens (tertiary/aromatic N) is 2. The number of para-hydroxylation sites is 1. The Bertz CT molecular complexity index is 644. The number of benzene rings is 1. The predicted octanol–water partition coefficient (Wildman–Crippen LogP) is 1.95. The van der Waals surface area contributed by atoms with E-state index in [1.807, 2.05) is 12.1 Å². The smallest absolute Gasteiger partial charge is 0.217 e. The topological polar surface area (TPSA) is 54.8 Å². The Kier molecular flexibility index (Phi) is 4.14. The minimum Gasteiger partial charge on any atom is -0.496 e. The van der Waals surface area contributed by atoms with Crippen LogP contribution in [0.2, 0.25) is 5.02 Å². The third kappa shape index (κ3) is 3.05. The molecule has 1 N–H and O–H groups in total. The lowest BCUT2D eigenvalue weighted by atomic mass is 10.2. The second kappa shape index (κ2) is 6.05. The summed E-state index contributed by atoms with van der Waals surface area (Å²) >= 11 is 6.18. The number of halogens is 1. The Morgan fingerprint density at radius 1 is 1.43 bits per heavy atom. The summed E-state index contributed by atoms with van der Waals surface area (Å²) in [6.07, 6.45) is -0.192. The van der Waals surface area contributed by atoms with Crippen LogP contribution in [0.4, 0.5) is 0 Å². The first kappa shape index (κ1) is 14.4. The number of β-amino-alcohol motifs (C(OH)–C–C–N with tert-alkyl or cyclic N) is 1. The normalized spacial score (nSPS) is 16.0. The zero-order chi connectivity index (χ0) is 14.8. The van der Waals surface area contributed by atoms with Gasteiger partial charge in [-0.2, -0.15) is 0 Å². The second-order valence-electron chi connectivity index (χ2n) is 5.06. The number of aliphatic hydroxyl groups is 1. The van der Waals surface area contributed by atoms with E-state index < -0.39 is 0 Å². The van der Waals surface area contributed by atoms with Crippen molar-refractivity contribution in [3.63, 3.8) is 0 Å². The second-order valence-corrected chi connectivity index (χ2v) is 5.47. The van der Waals surface area contributed by atoms with Gasteiger partial charge in [0.2, 0.25) is 5.88 Å². The van der Waals surface area contributed by atoms with Gasteiger partial charge < -0.3 is 14.6 Å². The van der Waals surface area contributed by atoms with Gasteiger partial charge >= 0.3 is 0 Å². The maximum Gasteiger partial charge on any atom is 0.217 e. The summed E-state index contributed by atoms with van der Waals surface area (Å²) in [6.45, 7) is 2.70. The average Bonchev–Trinajstić information content (AvgIpc) is 2.45. The van der Waals surface area contributed by atoms with Crippen molar-refractivity contribution in [1.29, 1.82) is 0 Å². The maximum absolute atomic E-state index is 9.23. The molecule has 2 aromatic rings. The van der Waals surface area contributed by atoms with Crippen LogP contribution < -0.4 is 9.47 Å². The van der Waals surface area contributed by atoms with E-state index in [0.717, 1.165) is 11.9 Å². The minimum atomic E-state index is -0.192. The van der Waals surface area contributed by atoms with Crippen LogP contribution in [0.15, 0.2) is 24.3 Å². The Balaban J connectivity index is 1.74. The van der Waals surface area contributed by atoms with Crippen molar-refractivity contribution in [3.8, 4) is 11.6 Å². The van der Waals surface area contributed by atoms with Crippen LogP contribution in [0.5, 0.6) is 11.6 Å². The fourth-order valence-electron chi connectivity index (χ4n) is 2.41. The number of fused-ring (bicyclic) bond motifs is 1. The number of hydrogen-bond donors (Lipinski definition) is 1. The fraction of sp³-hybridized carbons (Fsp3) is 0.400. The minimum absolute atomic E-state index is 0.192. The van der Waals surface area contributed by atoms with Gasteiger partial charge in [0.1, 0.15) is 12.4 Å². The molecule has 3 rings (SSSR count). The van der Waals surface area contributed by atoms with Gasteiger partial charge in [-0.15, -0.1) is 0 Å². The molecule has 0 amide bonds. The van der Waals surface area contributed by atoms with Crippen LogP contribution in [-0.4, -0.2) is 54.4 Å². The number of likely N-dealkylation sites (tertiary alicyclic amines) is 1. The lowest BCUT2D eigenvalue weighted by Crippen LogP contribution is -2.51. The van der Waals surface area contributed by atoms with Crippen LogP contribution in [0.3, 0.4) is 0 Å². The molecule has 5 nitrogen and oxygen atoms in total. The molecule has 1 aliphatic rings. The molecule has 0 radical (unpaired) electrons. The number of aliphatic hydroxyl groups excluding tert-OH is 1. The van der Waals surface area contributed by atoms with E-state index in [2.05, 4.69) is 9.88 Å². The van der Waals surface area contributed by atoms with E-state index in [1.165, 1.54) is 0 Å². The van der Waals surface area contributed by atoms with Gasteiger partial charge in [-0.25, -0.2) is 4.98 Å². The lowest BCUT2D eigenvalue weighted by Gasteiger charge is -2.35. The van der Waals surface area contributed by atoms with Gasteiger partial charge in [-0.3, -0.25) is 4.90 Å². The highest BCUT2D eigenvalue weighted by Crippen LogP contribution is 2.32. The Morgan fingerprint density at radius 3 is 2.95 bits per heavy atom. The largest absolute Gasteiger partial charge is 0.496 e. The van der Waals surface area contributed by atoms with Crippen molar-refractivity contribution in [2.75, 3.05) is 33.4 Å². The highest BCUT2D eigenvalue weighted by atomic mass is 35.5. The number of ether oxygens (including phenoxy) is 2. The lowest BCUT2D eigenvalue weighted by molar-refractivity contribution is -0.00410. The molecule has 6 heteroatoms. The highest BCUT2D eigenvalue weighted by Gasteiger charge is 2.23. The van der Waals surface area contributed by atoms with Crippen LogP contribution in [-0.2, 0) is 0 Å². The summed E-state index contributed by atoms with van der Waals surface area (Å²) in [5.41, 5.74) is 0.674. The molecule has 112 valence electrons. The number of pyridine rings is 1. The summed E-state index contributed by atoms with van der Waals surface area (Å²) in [4.78, 5) is 6.56. The van der Waals surface area contributed by atoms with Crippen LogP contribution in [0.1, 0.15) is 0 Å². The quantitative estimate of drug-likeness (QED) is 0.915. The van der Waals surface area contributed by atoms with Gasteiger partial charge in [-0.1, -0.05) is 17.7 Å². The SMILES string of the molecule is COc1cc(OCCN2CC(O)C2)nc2c(Cl)cccc12. The first-order valence-corrected chi connectivity index (χ1v) is 7.21. The van der Waals surface area contributed by atoms with E-state index in [1.54, 1.807) is 19.2 Å². The van der Waals surface area contributed by atoms with Crippen molar-refractivity contribution >= 4 is 22.5 Å². The standard InChI is InChI=1S/C15H17ClN2O3/c1-20-13-7-14(21-6-5-18-8-10(19)9-18)17-15-11(13)3-2-4-12(15)16/h2-4,7,10,19H,5-6,8-9H2,1H3. The molecule has 0 saturated carbocycles. The van der Waals surface area contributed by atoms with E-state index in [4.69, 9.17) is 21.1 Å². The third-order valence-electron chi connectivity index (χ3n) is 3.54. The number of methoxy groups -OCH3 is 1. The molecule has 1 saturated heterocycles. The Labute approximate surface area is 128 Å². The van der Waals surface area contributed by atoms with E-state index in [-0.39, 0.29) is 6.10 Å². The van der Waals surface area contributed by atoms with Crippen molar-refractivity contribution in [2.24, 2.45) is 0 Å². The summed E-state index contributed by atoms with van der Waals surface area (Å²) in [5, 5.41) is 10.7. The molecule has 21 heavy (non-hydrogen) atoms. The van der Waals surface area contributed by atoms with Crippen molar-refractivity contribution in [1.82, 2.24) is 9.88 Å². The molecule has 0 bridgehead atoms. The monoisotopic (exact) mass is 308 g/mol. The van der Waals surface area contributed by atoms with Crippen molar-refractivity contribution in [3.05, 3.63) is 29.3 Å². The van der Waals surface area contributed by atoms with E-state index in [9.17, 15) is 5.11 Å². The molecule has 0 aliphatic carbocycles. The molecule has 0 spiro atoms. The van der Waals surface area contributed by atoms with Crippen LogP contribution in [0, 0.1) is 0 Å². The van der Waals surface area contributed by atoms with Crippen LogP contribution in [0.25, 0.3) is 10.9 Å². The van der Waals surface area contributed by atoms with Gasteiger partial charge in [0, 0.05) is 31.1 Å². The molecule has 0 atom stereocenters. The van der Waals surface area contributed by atoms with Crippen LogP contribution >= 0.6 is 11.6 Å². The molecule has 1 aromatic carbocycles. The molecule has 1 aromatic heterocycles. The van der Waals surface area contributed by atoms with E-state index >= 15 is 0 Å². The zero-order valence-electron chi connectivity index (χ0n) is 11.8. The summed E-state index contributed by atoms with van der Waals surface area (Å²) in [7, 11) is 1.61. The molecular weight excluding hydrogens is 292 g/mol. The zero-order valence-corrected chi connectivity index (χ0v) is 12.5. The Hall–Kier alpha value is -1.56. The first-order chi connectivity index (χ1) is 10.2. The third-order valence-corrected chi connectivity index (χ3v) is 3.85. The average molecular weight is 309 g/mol.